The largest absolute Gasteiger partial charge is 0.462 e. The molecule has 1 aliphatic rings. The van der Waals surface area contributed by atoms with Gasteiger partial charge in [0, 0.05) is 11.5 Å². The van der Waals surface area contributed by atoms with Crippen molar-refractivity contribution < 1.29 is 23.4 Å². The lowest BCUT2D eigenvalue weighted by molar-refractivity contribution is 0.0526. The van der Waals surface area contributed by atoms with Gasteiger partial charge in [-0.05, 0) is 19.9 Å². The number of esters is 1. The fraction of sp³-hybridized carbons (Fsp3) is 0.308. The van der Waals surface area contributed by atoms with Gasteiger partial charge in [0.25, 0.3) is 0 Å². The summed E-state index contributed by atoms with van der Waals surface area (Å²) in [4.78, 5) is 11.9. The molecular formula is C13H12O5. The van der Waals surface area contributed by atoms with Gasteiger partial charge in [0.1, 0.15) is 16.9 Å². The predicted molar refractivity (Wildman–Crippen MR) is 63.0 cm³/mol. The quantitative estimate of drug-likeness (QED) is 0.764. The maximum Gasteiger partial charge on any atom is 0.342 e. The third kappa shape index (κ3) is 1.51. The first-order valence-corrected chi connectivity index (χ1v) is 5.70. The Kier molecular flexibility index (Phi) is 2.40. The van der Waals surface area contributed by atoms with Gasteiger partial charge in [-0.3, -0.25) is 0 Å². The normalized spacial score (nSPS) is 13.0. The topological polar surface area (TPSA) is 57.9 Å². The van der Waals surface area contributed by atoms with E-state index in [1.165, 1.54) is 0 Å². The van der Waals surface area contributed by atoms with Crippen LogP contribution in [0, 0.1) is 6.92 Å². The summed E-state index contributed by atoms with van der Waals surface area (Å²) in [6, 6.07) is 3.48. The van der Waals surface area contributed by atoms with Crippen molar-refractivity contribution >= 4 is 16.9 Å². The molecule has 0 unspecified atom stereocenters. The van der Waals surface area contributed by atoms with E-state index >= 15 is 0 Å². The van der Waals surface area contributed by atoms with Crippen molar-refractivity contribution in [3.8, 4) is 11.5 Å². The number of hydrogen-bond donors (Lipinski definition) is 0. The number of carbonyl (C=O) groups excluding carboxylic acids is 1. The van der Waals surface area contributed by atoms with Crippen molar-refractivity contribution in [1.29, 1.82) is 0 Å². The first-order valence-electron chi connectivity index (χ1n) is 5.70. The average Bonchev–Trinajstić information content (AvgIpc) is 2.88. The van der Waals surface area contributed by atoms with Crippen LogP contribution < -0.4 is 9.47 Å². The third-order valence-corrected chi connectivity index (χ3v) is 2.84. The minimum atomic E-state index is -0.382. The number of fused-ring (bicyclic) bond motifs is 2. The smallest absolute Gasteiger partial charge is 0.342 e. The van der Waals surface area contributed by atoms with Gasteiger partial charge in [-0.2, -0.15) is 0 Å². The second-order valence-electron chi connectivity index (χ2n) is 3.96. The van der Waals surface area contributed by atoms with E-state index in [0.717, 1.165) is 0 Å². The van der Waals surface area contributed by atoms with Crippen LogP contribution in [0.1, 0.15) is 23.0 Å². The summed E-state index contributed by atoms with van der Waals surface area (Å²) >= 11 is 0. The molecular weight excluding hydrogens is 236 g/mol. The Morgan fingerprint density at radius 1 is 1.33 bits per heavy atom. The van der Waals surface area contributed by atoms with Gasteiger partial charge < -0.3 is 18.6 Å². The van der Waals surface area contributed by atoms with Crippen LogP contribution in [-0.2, 0) is 4.74 Å². The van der Waals surface area contributed by atoms with E-state index in [-0.39, 0.29) is 12.8 Å². The van der Waals surface area contributed by atoms with E-state index in [0.29, 0.717) is 40.4 Å². The molecule has 1 aliphatic heterocycles. The predicted octanol–water partition coefficient (Wildman–Crippen LogP) is 2.65. The Bertz CT molecular complexity index is 626. The molecule has 18 heavy (non-hydrogen) atoms. The summed E-state index contributed by atoms with van der Waals surface area (Å²) in [5, 5.41) is 0.690. The molecule has 3 rings (SSSR count). The van der Waals surface area contributed by atoms with Crippen LogP contribution in [0.5, 0.6) is 11.5 Å². The molecule has 94 valence electrons. The highest BCUT2D eigenvalue weighted by Gasteiger charge is 2.23. The molecule has 2 aromatic rings. The maximum atomic E-state index is 11.9. The lowest BCUT2D eigenvalue weighted by Crippen LogP contribution is -2.05. The Labute approximate surface area is 103 Å². The molecule has 0 amide bonds. The highest BCUT2D eigenvalue weighted by atomic mass is 16.7. The number of ether oxygens (including phenoxy) is 3. The number of aryl methyl sites for hydroxylation is 1. The minimum Gasteiger partial charge on any atom is -0.462 e. The fourth-order valence-electron chi connectivity index (χ4n) is 2.07. The molecule has 0 atom stereocenters. The van der Waals surface area contributed by atoms with Crippen molar-refractivity contribution in [2.75, 3.05) is 13.4 Å². The van der Waals surface area contributed by atoms with Crippen LogP contribution in [0.2, 0.25) is 0 Å². The molecule has 1 aromatic heterocycles. The monoisotopic (exact) mass is 248 g/mol. The van der Waals surface area contributed by atoms with Crippen molar-refractivity contribution in [2.45, 2.75) is 13.8 Å². The van der Waals surface area contributed by atoms with Crippen LogP contribution in [-0.4, -0.2) is 19.4 Å². The Morgan fingerprint density at radius 3 is 2.78 bits per heavy atom. The molecule has 0 bridgehead atoms. The van der Waals surface area contributed by atoms with Gasteiger partial charge in [-0.25, -0.2) is 4.79 Å². The van der Waals surface area contributed by atoms with Gasteiger partial charge in [0.05, 0.1) is 6.61 Å². The first-order chi connectivity index (χ1) is 8.70. The summed E-state index contributed by atoms with van der Waals surface area (Å²) in [7, 11) is 0. The molecule has 0 fully saturated rings. The minimum absolute atomic E-state index is 0.190. The van der Waals surface area contributed by atoms with Gasteiger partial charge >= 0.3 is 5.97 Å². The van der Waals surface area contributed by atoms with Crippen molar-refractivity contribution in [1.82, 2.24) is 0 Å². The number of furan rings is 1. The van der Waals surface area contributed by atoms with E-state index < -0.39 is 0 Å². The molecule has 1 aromatic carbocycles. The molecule has 5 nitrogen and oxygen atoms in total. The summed E-state index contributed by atoms with van der Waals surface area (Å²) in [6.07, 6.45) is 0. The van der Waals surface area contributed by atoms with E-state index in [1.54, 1.807) is 26.0 Å². The standard InChI is InChI=1S/C13H12O5/c1-3-15-13(14)12-7(2)18-9-5-11-10(4-8(9)12)16-6-17-11/h4-5H,3,6H2,1-2H3. The molecule has 0 saturated heterocycles. The maximum absolute atomic E-state index is 11.9. The van der Waals surface area contributed by atoms with E-state index in [4.69, 9.17) is 18.6 Å². The van der Waals surface area contributed by atoms with Gasteiger partial charge in [0.15, 0.2) is 11.5 Å². The lowest BCUT2D eigenvalue weighted by Gasteiger charge is -2.00. The van der Waals surface area contributed by atoms with E-state index in [2.05, 4.69) is 0 Å². The first kappa shape index (κ1) is 11.0. The highest BCUT2D eigenvalue weighted by molar-refractivity contribution is 6.05. The zero-order chi connectivity index (χ0) is 12.7. The molecule has 0 aliphatic carbocycles. The zero-order valence-corrected chi connectivity index (χ0v) is 10.1. The van der Waals surface area contributed by atoms with Gasteiger partial charge in [-0.15, -0.1) is 0 Å². The SMILES string of the molecule is CCOC(=O)c1c(C)oc2cc3c(cc12)OCO3. The second-order valence-corrected chi connectivity index (χ2v) is 3.96. The van der Waals surface area contributed by atoms with Gasteiger partial charge in [-0.1, -0.05) is 0 Å². The molecule has 0 saturated carbocycles. The molecule has 0 spiro atoms. The Hall–Kier alpha value is -2.17. The zero-order valence-electron chi connectivity index (χ0n) is 10.1. The van der Waals surface area contributed by atoms with Crippen LogP contribution in [0.4, 0.5) is 0 Å². The van der Waals surface area contributed by atoms with Crippen LogP contribution >= 0.6 is 0 Å². The highest BCUT2D eigenvalue weighted by Crippen LogP contribution is 2.39. The van der Waals surface area contributed by atoms with E-state index in [9.17, 15) is 4.79 Å². The molecule has 0 radical (unpaired) electrons. The van der Waals surface area contributed by atoms with E-state index in [1.807, 2.05) is 0 Å². The van der Waals surface area contributed by atoms with Gasteiger partial charge in [0.2, 0.25) is 6.79 Å². The summed E-state index contributed by atoms with van der Waals surface area (Å²) in [6.45, 7) is 4.02. The number of hydrogen-bond acceptors (Lipinski definition) is 5. The number of benzene rings is 1. The van der Waals surface area contributed by atoms with Crippen LogP contribution in [0.15, 0.2) is 16.5 Å². The van der Waals surface area contributed by atoms with Crippen molar-refractivity contribution in [3.63, 3.8) is 0 Å². The second kappa shape index (κ2) is 3.94. The number of rotatable bonds is 2. The van der Waals surface area contributed by atoms with Crippen molar-refractivity contribution in [3.05, 3.63) is 23.5 Å². The number of carbonyl (C=O) groups is 1. The molecule has 5 heteroatoms. The summed E-state index contributed by atoms with van der Waals surface area (Å²) in [5.41, 5.74) is 1.05. The fourth-order valence-corrected chi connectivity index (χ4v) is 2.07. The summed E-state index contributed by atoms with van der Waals surface area (Å²) in [5.74, 6) is 1.40. The van der Waals surface area contributed by atoms with Crippen LogP contribution in [0.25, 0.3) is 11.0 Å². The van der Waals surface area contributed by atoms with Crippen molar-refractivity contribution in [2.24, 2.45) is 0 Å². The third-order valence-electron chi connectivity index (χ3n) is 2.84. The summed E-state index contributed by atoms with van der Waals surface area (Å²) < 4.78 is 21.1. The lowest BCUT2D eigenvalue weighted by atomic mass is 10.1. The Balaban J connectivity index is 2.19. The van der Waals surface area contributed by atoms with Crippen LogP contribution in [0.3, 0.4) is 0 Å². The molecule has 0 N–H and O–H groups in total. The average molecular weight is 248 g/mol. The Morgan fingerprint density at radius 2 is 2.06 bits per heavy atom. The molecule has 2 heterocycles.